The highest BCUT2D eigenvalue weighted by atomic mass is 32.1. The SMILES string of the molecule is N#Cc1cc(-c2ncc(C(=O)O)s2)cc2c(F)cccc12. The van der Waals surface area contributed by atoms with Crippen molar-refractivity contribution in [1.29, 1.82) is 5.26 Å². The molecule has 0 spiro atoms. The van der Waals surface area contributed by atoms with E-state index in [0.29, 0.717) is 26.9 Å². The first-order valence-electron chi connectivity index (χ1n) is 5.92. The Morgan fingerprint density at radius 2 is 2.14 bits per heavy atom. The number of aromatic carboxylic acids is 1. The molecule has 1 aromatic heterocycles. The molecule has 0 aliphatic carbocycles. The molecule has 3 rings (SSSR count). The van der Waals surface area contributed by atoms with Gasteiger partial charge in [-0.1, -0.05) is 12.1 Å². The maximum absolute atomic E-state index is 13.9. The van der Waals surface area contributed by atoms with Crippen molar-refractivity contribution in [2.24, 2.45) is 0 Å². The summed E-state index contributed by atoms with van der Waals surface area (Å²) in [7, 11) is 0. The lowest BCUT2D eigenvalue weighted by Crippen LogP contribution is -1.89. The van der Waals surface area contributed by atoms with Gasteiger partial charge in [0, 0.05) is 16.3 Å². The van der Waals surface area contributed by atoms with Gasteiger partial charge in [-0.15, -0.1) is 11.3 Å². The summed E-state index contributed by atoms with van der Waals surface area (Å²) in [6.07, 6.45) is 1.25. The fourth-order valence-corrected chi connectivity index (χ4v) is 2.81. The maximum atomic E-state index is 13.9. The molecule has 21 heavy (non-hydrogen) atoms. The van der Waals surface area contributed by atoms with Gasteiger partial charge in [-0.05, 0) is 18.2 Å². The van der Waals surface area contributed by atoms with Crippen molar-refractivity contribution in [3.05, 3.63) is 52.8 Å². The molecule has 0 saturated heterocycles. The van der Waals surface area contributed by atoms with Gasteiger partial charge in [-0.3, -0.25) is 0 Å². The molecule has 102 valence electrons. The van der Waals surface area contributed by atoms with Gasteiger partial charge >= 0.3 is 5.97 Å². The van der Waals surface area contributed by atoms with E-state index in [1.54, 1.807) is 24.3 Å². The number of aromatic nitrogens is 1. The zero-order valence-electron chi connectivity index (χ0n) is 10.5. The number of carbonyl (C=O) groups is 1. The second-order valence-corrected chi connectivity index (χ2v) is 5.34. The van der Waals surface area contributed by atoms with Crippen molar-refractivity contribution >= 4 is 28.1 Å². The first-order valence-corrected chi connectivity index (χ1v) is 6.73. The summed E-state index contributed by atoms with van der Waals surface area (Å²) in [6.45, 7) is 0. The number of halogens is 1. The summed E-state index contributed by atoms with van der Waals surface area (Å²) in [4.78, 5) is 15.0. The molecule has 6 heteroatoms. The molecule has 0 atom stereocenters. The van der Waals surface area contributed by atoms with Crippen LogP contribution in [-0.2, 0) is 0 Å². The summed E-state index contributed by atoms with van der Waals surface area (Å²) in [5.41, 5.74) is 0.857. The minimum atomic E-state index is -1.06. The third-order valence-corrected chi connectivity index (χ3v) is 4.06. The van der Waals surface area contributed by atoms with E-state index < -0.39 is 11.8 Å². The summed E-state index contributed by atoms with van der Waals surface area (Å²) in [5.74, 6) is -1.49. The summed E-state index contributed by atoms with van der Waals surface area (Å²) in [5, 5.41) is 19.4. The van der Waals surface area contributed by atoms with E-state index in [9.17, 15) is 14.4 Å². The summed E-state index contributed by atoms with van der Waals surface area (Å²) < 4.78 is 13.9. The van der Waals surface area contributed by atoms with Gasteiger partial charge in [0.1, 0.15) is 15.7 Å². The number of carboxylic acid groups (broad SMARTS) is 1. The Morgan fingerprint density at radius 1 is 1.33 bits per heavy atom. The van der Waals surface area contributed by atoms with Crippen molar-refractivity contribution < 1.29 is 14.3 Å². The van der Waals surface area contributed by atoms with Crippen LogP contribution in [-0.4, -0.2) is 16.1 Å². The predicted octanol–water partition coefficient (Wildman–Crippen LogP) is 3.67. The minimum absolute atomic E-state index is 0.0946. The monoisotopic (exact) mass is 298 g/mol. The Labute approximate surface area is 122 Å². The lowest BCUT2D eigenvalue weighted by atomic mass is 10.0. The number of benzene rings is 2. The Hall–Kier alpha value is -2.78. The molecular weight excluding hydrogens is 291 g/mol. The highest BCUT2D eigenvalue weighted by molar-refractivity contribution is 7.16. The van der Waals surface area contributed by atoms with Crippen molar-refractivity contribution in [2.45, 2.75) is 0 Å². The highest BCUT2D eigenvalue weighted by Crippen LogP contribution is 2.31. The minimum Gasteiger partial charge on any atom is -0.477 e. The molecule has 0 fully saturated rings. The largest absolute Gasteiger partial charge is 0.477 e. The quantitative estimate of drug-likeness (QED) is 0.783. The van der Waals surface area contributed by atoms with Crippen LogP contribution in [0.4, 0.5) is 4.39 Å². The van der Waals surface area contributed by atoms with Crippen LogP contribution < -0.4 is 0 Å². The molecule has 0 radical (unpaired) electrons. The Kier molecular flexibility index (Phi) is 3.12. The zero-order valence-corrected chi connectivity index (χ0v) is 11.3. The van der Waals surface area contributed by atoms with Crippen molar-refractivity contribution in [3.8, 4) is 16.6 Å². The van der Waals surface area contributed by atoms with E-state index in [-0.39, 0.29) is 4.88 Å². The van der Waals surface area contributed by atoms with Crippen LogP contribution in [0.3, 0.4) is 0 Å². The van der Waals surface area contributed by atoms with E-state index in [2.05, 4.69) is 4.98 Å². The normalized spacial score (nSPS) is 10.5. The fraction of sp³-hybridized carbons (Fsp3) is 0. The second kappa shape index (κ2) is 4.96. The Balaban J connectivity index is 2.26. The second-order valence-electron chi connectivity index (χ2n) is 4.31. The topological polar surface area (TPSA) is 74.0 Å². The molecule has 3 aromatic rings. The predicted molar refractivity (Wildman–Crippen MR) is 76.7 cm³/mol. The van der Waals surface area contributed by atoms with Crippen LogP contribution in [0.25, 0.3) is 21.3 Å². The molecule has 1 heterocycles. The molecule has 0 bridgehead atoms. The summed E-state index contributed by atoms with van der Waals surface area (Å²) in [6, 6.07) is 9.73. The number of hydrogen-bond acceptors (Lipinski definition) is 4. The number of nitrogens with zero attached hydrogens (tertiary/aromatic N) is 2. The van der Waals surface area contributed by atoms with Crippen LogP contribution in [0, 0.1) is 17.1 Å². The fourth-order valence-electron chi connectivity index (χ4n) is 2.07. The molecule has 0 amide bonds. The molecule has 0 aliphatic rings. The van der Waals surface area contributed by atoms with Crippen LogP contribution in [0.5, 0.6) is 0 Å². The van der Waals surface area contributed by atoms with Gasteiger partial charge < -0.3 is 5.11 Å². The molecule has 2 aromatic carbocycles. The number of nitriles is 1. The highest BCUT2D eigenvalue weighted by Gasteiger charge is 2.13. The van der Waals surface area contributed by atoms with E-state index in [1.807, 2.05) is 6.07 Å². The Morgan fingerprint density at radius 3 is 2.81 bits per heavy atom. The molecule has 0 aliphatic heterocycles. The summed E-state index contributed by atoms with van der Waals surface area (Å²) >= 11 is 0.985. The lowest BCUT2D eigenvalue weighted by molar-refractivity contribution is 0.0702. The van der Waals surface area contributed by atoms with Crippen molar-refractivity contribution in [1.82, 2.24) is 4.98 Å². The maximum Gasteiger partial charge on any atom is 0.347 e. The molecule has 4 nitrogen and oxygen atoms in total. The van der Waals surface area contributed by atoms with Gasteiger partial charge in [0.05, 0.1) is 17.8 Å². The lowest BCUT2D eigenvalue weighted by Gasteiger charge is -2.04. The van der Waals surface area contributed by atoms with Gasteiger partial charge in [0.2, 0.25) is 0 Å². The smallest absolute Gasteiger partial charge is 0.347 e. The van der Waals surface area contributed by atoms with Crippen molar-refractivity contribution in [2.75, 3.05) is 0 Å². The number of fused-ring (bicyclic) bond motifs is 1. The number of hydrogen-bond donors (Lipinski definition) is 1. The third-order valence-electron chi connectivity index (χ3n) is 3.03. The number of carboxylic acids is 1. The average Bonchev–Trinajstić information content (AvgIpc) is 2.97. The van der Waals surface area contributed by atoms with Crippen LogP contribution >= 0.6 is 11.3 Å². The number of rotatable bonds is 2. The number of thiazole rings is 1. The van der Waals surface area contributed by atoms with E-state index in [1.165, 1.54) is 12.3 Å². The van der Waals surface area contributed by atoms with E-state index in [0.717, 1.165) is 11.3 Å². The van der Waals surface area contributed by atoms with Gasteiger partial charge in [0.15, 0.2) is 0 Å². The zero-order chi connectivity index (χ0) is 15.0. The third kappa shape index (κ3) is 2.24. The van der Waals surface area contributed by atoms with Crippen LogP contribution in [0.2, 0.25) is 0 Å². The van der Waals surface area contributed by atoms with E-state index >= 15 is 0 Å². The van der Waals surface area contributed by atoms with E-state index in [4.69, 9.17) is 5.11 Å². The van der Waals surface area contributed by atoms with Crippen molar-refractivity contribution in [3.63, 3.8) is 0 Å². The van der Waals surface area contributed by atoms with Crippen LogP contribution in [0.15, 0.2) is 36.5 Å². The molecular formula is C15H7FN2O2S. The first-order chi connectivity index (χ1) is 10.1. The molecule has 1 N–H and O–H groups in total. The standard InChI is InChI=1S/C15H7FN2O2S/c16-12-3-1-2-10-9(6-17)4-8(5-11(10)12)14-18-7-13(21-14)15(19)20/h1-5,7H,(H,19,20). The van der Waals surface area contributed by atoms with Crippen LogP contribution in [0.1, 0.15) is 15.2 Å². The van der Waals surface area contributed by atoms with Gasteiger partial charge in [-0.2, -0.15) is 5.26 Å². The Bertz CT molecular complexity index is 912. The molecule has 0 saturated carbocycles. The first kappa shape index (κ1) is 13.2. The molecule has 0 unspecified atom stereocenters. The van der Waals surface area contributed by atoms with Gasteiger partial charge in [0.25, 0.3) is 0 Å². The van der Waals surface area contributed by atoms with Gasteiger partial charge in [-0.25, -0.2) is 14.2 Å². The average molecular weight is 298 g/mol.